The Hall–Kier alpha value is -0.590. The maximum absolute atomic E-state index is 9.94. The molecule has 0 aliphatic heterocycles. The zero-order chi connectivity index (χ0) is 4.99. The van der Waals surface area contributed by atoms with Crippen LogP contribution in [0.25, 0.3) is 0 Å². The minimum atomic E-state index is -0.116. The highest BCUT2D eigenvalue weighted by atomic mass is 16.1. The van der Waals surface area contributed by atoms with E-state index in [1.54, 1.807) is 6.92 Å². The SMILES string of the molecule is [C]=CC(=O)CC. The number of ketones is 1. The standard InChI is InChI=1S/C5H6O/c1-3-5(6)4-2/h4H,3H2,1H3. The first kappa shape index (κ1) is 5.41. The molecule has 0 amide bonds. The molecular weight excluding hydrogens is 76.1 g/mol. The molecule has 0 aliphatic rings. The van der Waals surface area contributed by atoms with Crippen LogP contribution in [0.3, 0.4) is 0 Å². The second kappa shape index (κ2) is 2.64. The van der Waals surface area contributed by atoms with Crippen LogP contribution in [0, 0.1) is 6.58 Å². The minimum Gasteiger partial charge on any atom is -0.295 e. The molecule has 0 aliphatic carbocycles. The Labute approximate surface area is 37.7 Å². The predicted octanol–water partition coefficient (Wildman–Crippen LogP) is 0.832. The Kier molecular flexibility index (Phi) is 2.38. The third-order valence-electron chi connectivity index (χ3n) is 0.509. The highest BCUT2D eigenvalue weighted by Gasteiger charge is 1.82. The molecule has 0 atom stereocenters. The molecule has 0 fully saturated rings. The Morgan fingerprint density at radius 1 is 2.00 bits per heavy atom. The van der Waals surface area contributed by atoms with Gasteiger partial charge in [-0.2, -0.15) is 0 Å². The summed E-state index contributed by atoms with van der Waals surface area (Å²) in [6, 6.07) is 0. The first-order chi connectivity index (χ1) is 2.81. The monoisotopic (exact) mass is 82.0 g/mol. The van der Waals surface area contributed by atoms with Gasteiger partial charge in [-0.25, -0.2) is 0 Å². The highest BCUT2D eigenvalue weighted by molar-refractivity contribution is 5.88. The van der Waals surface area contributed by atoms with Gasteiger partial charge in [-0.05, 0) is 12.7 Å². The number of carbonyl (C=O) groups excluding carboxylic acids is 1. The summed E-state index contributed by atoms with van der Waals surface area (Å²) in [4.78, 5) is 9.94. The Balaban J connectivity index is 3.23. The highest BCUT2D eigenvalue weighted by Crippen LogP contribution is 1.76. The molecule has 0 N–H and O–H groups in total. The molecule has 0 aromatic rings. The fourth-order valence-corrected chi connectivity index (χ4v) is 0.102. The van der Waals surface area contributed by atoms with E-state index in [-0.39, 0.29) is 5.78 Å². The number of carbonyl (C=O) groups is 1. The molecule has 2 radical (unpaired) electrons. The lowest BCUT2D eigenvalue weighted by molar-refractivity contribution is -0.114. The predicted molar refractivity (Wildman–Crippen MR) is 23.1 cm³/mol. The number of rotatable bonds is 2. The second-order valence-electron chi connectivity index (χ2n) is 0.964. The van der Waals surface area contributed by atoms with Crippen LogP contribution in [-0.2, 0) is 4.79 Å². The van der Waals surface area contributed by atoms with Gasteiger partial charge >= 0.3 is 0 Å². The smallest absolute Gasteiger partial charge is 0.156 e. The molecule has 32 valence electrons. The van der Waals surface area contributed by atoms with Gasteiger partial charge < -0.3 is 0 Å². The van der Waals surface area contributed by atoms with E-state index in [0.29, 0.717) is 6.42 Å². The average molecular weight is 82.1 g/mol. The van der Waals surface area contributed by atoms with Crippen molar-refractivity contribution in [1.29, 1.82) is 0 Å². The summed E-state index contributed by atoms with van der Waals surface area (Å²) in [6.07, 6.45) is 1.28. The van der Waals surface area contributed by atoms with Crippen LogP contribution in [0.2, 0.25) is 0 Å². The molecule has 0 rings (SSSR count). The molecule has 1 heteroatoms. The van der Waals surface area contributed by atoms with Gasteiger partial charge in [0.25, 0.3) is 0 Å². The van der Waals surface area contributed by atoms with Crippen LogP contribution in [-0.4, -0.2) is 5.78 Å². The van der Waals surface area contributed by atoms with Crippen LogP contribution < -0.4 is 0 Å². The molecule has 0 heterocycles. The van der Waals surface area contributed by atoms with Crippen molar-refractivity contribution in [3.63, 3.8) is 0 Å². The van der Waals surface area contributed by atoms with Crippen molar-refractivity contribution in [3.05, 3.63) is 12.7 Å². The lowest BCUT2D eigenvalue weighted by Gasteiger charge is -1.74. The van der Waals surface area contributed by atoms with Crippen molar-refractivity contribution in [2.45, 2.75) is 13.3 Å². The number of hydrogen-bond acceptors (Lipinski definition) is 1. The van der Waals surface area contributed by atoms with Crippen molar-refractivity contribution < 1.29 is 4.79 Å². The van der Waals surface area contributed by atoms with Gasteiger partial charge in [0.15, 0.2) is 5.78 Å². The molecule has 6 heavy (non-hydrogen) atoms. The lowest BCUT2D eigenvalue weighted by Crippen LogP contribution is -1.83. The van der Waals surface area contributed by atoms with Gasteiger partial charge in [0.1, 0.15) is 0 Å². The Morgan fingerprint density at radius 2 is 2.50 bits per heavy atom. The maximum atomic E-state index is 9.94. The van der Waals surface area contributed by atoms with Gasteiger partial charge in [-0.1, -0.05) is 6.92 Å². The van der Waals surface area contributed by atoms with Gasteiger partial charge in [-0.3, -0.25) is 4.79 Å². The largest absolute Gasteiger partial charge is 0.295 e. The molecule has 0 aromatic heterocycles. The van der Waals surface area contributed by atoms with Crippen molar-refractivity contribution in [1.82, 2.24) is 0 Å². The first-order valence-electron chi connectivity index (χ1n) is 1.84. The summed E-state index contributed by atoms with van der Waals surface area (Å²) in [5.41, 5.74) is 0. The fourth-order valence-electron chi connectivity index (χ4n) is 0.102. The summed E-state index contributed by atoms with van der Waals surface area (Å²) in [5.74, 6) is -0.116. The van der Waals surface area contributed by atoms with Crippen LogP contribution in [0.4, 0.5) is 0 Å². The molecule has 0 saturated heterocycles. The quantitative estimate of drug-likeness (QED) is 0.451. The van der Waals surface area contributed by atoms with Gasteiger partial charge in [0.2, 0.25) is 0 Å². The van der Waals surface area contributed by atoms with Gasteiger partial charge in [0.05, 0.1) is 0 Å². The summed E-state index contributed by atoms with van der Waals surface area (Å²) < 4.78 is 0. The van der Waals surface area contributed by atoms with E-state index >= 15 is 0 Å². The van der Waals surface area contributed by atoms with E-state index in [1.807, 2.05) is 0 Å². The molecular formula is C5H6O. The zero-order valence-electron chi connectivity index (χ0n) is 3.69. The van der Waals surface area contributed by atoms with Crippen molar-refractivity contribution in [2.24, 2.45) is 0 Å². The molecule has 0 saturated carbocycles. The average Bonchev–Trinajstić information content (AvgIpc) is 1.65. The molecule has 0 aromatic carbocycles. The van der Waals surface area contributed by atoms with Crippen LogP contribution in [0.1, 0.15) is 13.3 Å². The maximum Gasteiger partial charge on any atom is 0.156 e. The molecule has 0 unspecified atom stereocenters. The third kappa shape index (κ3) is 1.70. The first-order valence-corrected chi connectivity index (χ1v) is 1.84. The van der Waals surface area contributed by atoms with E-state index in [4.69, 9.17) is 6.58 Å². The summed E-state index contributed by atoms with van der Waals surface area (Å²) >= 11 is 0. The molecule has 0 bridgehead atoms. The fraction of sp³-hybridized carbons (Fsp3) is 0.400. The third-order valence-corrected chi connectivity index (χ3v) is 0.509. The normalized spacial score (nSPS) is 7.50. The van der Waals surface area contributed by atoms with Gasteiger partial charge in [0, 0.05) is 6.42 Å². The Morgan fingerprint density at radius 3 is 2.50 bits per heavy atom. The van der Waals surface area contributed by atoms with Crippen LogP contribution in [0.15, 0.2) is 6.08 Å². The summed E-state index contributed by atoms with van der Waals surface area (Å²) in [5, 5.41) is 0. The lowest BCUT2D eigenvalue weighted by atomic mass is 10.3. The molecule has 1 nitrogen and oxygen atoms in total. The summed E-state index contributed by atoms with van der Waals surface area (Å²) in [7, 11) is 0. The zero-order valence-corrected chi connectivity index (χ0v) is 3.69. The summed E-state index contributed by atoms with van der Waals surface area (Å²) in [6.45, 7) is 8.06. The van der Waals surface area contributed by atoms with E-state index in [9.17, 15) is 4.79 Å². The Bertz CT molecular complexity index is 64.3. The topological polar surface area (TPSA) is 17.1 Å². The number of hydrogen-bond donors (Lipinski definition) is 0. The van der Waals surface area contributed by atoms with E-state index in [0.717, 1.165) is 6.08 Å². The number of allylic oxidation sites excluding steroid dienone is 1. The van der Waals surface area contributed by atoms with Crippen LogP contribution in [0.5, 0.6) is 0 Å². The molecule has 0 spiro atoms. The van der Waals surface area contributed by atoms with E-state index in [2.05, 4.69) is 0 Å². The van der Waals surface area contributed by atoms with E-state index in [1.165, 1.54) is 0 Å². The van der Waals surface area contributed by atoms with Crippen molar-refractivity contribution >= 4 is 5.78 Å². The minimum absolute atomic E-state index is 0.116. The van der Waals surface area contributed by atoms with Crippen molar-refractivity contribution in [2.75, 3.05) is 0 Å². The van der Waals surface area contributed by atoms with Crippen molar-refractivity contribution in [3.8, 4) is 0 Å². The van der Waals surface area contributed by atoms with E-state index < -0.39 is 0 Å². The second-order valence-corrected chi connectivity index (χ2v) is 0.964. The van der Waals surface area contributed by atoms with Gasteiger partial charge in [-0.15, -0.1) is 0 Å². The van der Waals surface area contributed by atoms with Crippen LogP contribution >= 0.6 is 0 Å².